The first kappa shape index (κ1) is 17.0. The summed E-state index contributed by atoms with van der Waals surface area (Å²) in [5.74, 6) is -2.04. The van der Waals surface area contributed by atoms with Crippen LogP contribution in [-0.2, 0) is 15.8 Å². The second-order valence-electron chi connectivity index (χ2n) is 4.49. The summed E-state index contributed by atoms with van der Waals surface area (Å²) in [6.07, 6.45) is -4.53. The topological polar surface area (TPSA) is 58.2 Å². The molecule has 2 amide bonds. The molecule has 4 nitrogen and oxygen atoms in total. The Morgan fingerprint density at radius 1 is 0.870 bits per heavy atom. The minimum Gasteiger partial charge on any atom is -0.318 e. The third-order valence-corrected chi connectivity index (χ3v) is 3.28. The van der Waals surface area contributed by atoms with Crippen molar-refractivity contribution in [3.63, 3.8) is 0 Å². The van der Waals surface area contributed by atoms with E-state index in [-0.39, 0.29) is 5.69 Å². The van der Waals surface area contributed by atoms with Crippen molar-refractivity contribution in [1.82, 2.24) is 0 Å². The first-order chi connectivity index (χ1) is 10.8. The van der Waals surface area contributed by atoms with Crippen molar-refractivity contribution in [2.45, 2.75) is 6.18 Å². The number of amides is 2. The van der Waals surface area contributed by atoms with E-state index in [9.17, 15) is 22.8 Å². The van der Waals surface area contributed by atoms with Gasteiger partial charge in [0.15, 0.2) is 0 Å². The van der Waals surface area contributed by atoms with Gasteiger partial charge in [0, 0.05) is 15.8 Å². The highest BCUT2D eigenvalue weighted by Crippen LogP contribution is 2.30. The van der Waals surface area contributed by atoms with Gasteiger partial charge in [-0.25, -0.2) is 0 Å². The highest BCUT2D eigenvalue weighted by Gasteiger charge is 2.30. The lowest BCUT2D eigenvalue weighted by atomic mass is 10.2. The van der Waals surface area contributed by atoms with Crippen LogP contribution in [-0.4, -0.2) is 11.8 Å². The number of hydrogen-bond donors (Lipinski definition) is 2. The number of anilines is 2. The van der Waals surface area contributed by atoms with Crippen molar-refractivity contribution in [1.29, 1.82) is 0 Å². The molecule has 120 valence electrons. The van der Waals surface area contributed by atoms with E-state index < -0.39 is 23.6 Å². The molecule has 2 N–H and O–H groups in total. The van der Waals surface area contributed by atoms with Crippen molar-refractivity contribution in [2.75, 3.05) is 10.6 Å². The molecule has 0 bridgehead atoms. The molecule has 0 heterocycles. The summed E-state index contributed by atoms with van der Waals surface area (Å²) < 4.78 is 38.6. The van der Waals surface area contributed by atoms with Crippen molar-refractivity contribution in [3.8, 4) is 0 Å². The average Bonchev–Trinajstić information content (AvgIpc) is 2.49. The highest BCUT2D eigenvalue weighted by atomic mass is 79.9. The lowest BCUT2D eigenvalue weighted by Gasteiger charge is -2.10. The minimum atomic E-state index is -4.53. The van der Waals surface area contributed by atoms with Gasteiger partial charge >= 0.3 is 18.0 Å². The van der Waals surface area contributed by atoms with Gasteiger partial charge in [-0.15, -0.1) is 0 Å². The standard InChI is InChI=1S/C15H10BrF3N2O2/c16-10-4-6-11(7-5-10)20-13(22)14(23)21-12-3-1-2-9(8-12)15(17,18)19/h1-8H,(H,20,22)(H,21,23). The minimum absolute atomic E-state index is 0.115. The van der Waals surface area contributed by atoms with Crippen LogP contribution in [0, 0.1) is 0 Å². The molecule has 2 aromatic carbocycles. The van der Waals surface area contributed by atoms with E-state index in [4.69, 9.17) is 0 Å². The van der Waals surface area contributed by atoms with Crippen LogP contribution >= 0.6 is 15.9 Å². The van der Waals surface area contributed by atoms with Crippen LogP contribution in [0.2, 0.25) is 0 Å². The normalized spacial score (nSPS) is 11.0. The van der Waals surface area contributed by atoms with Crippen molar-refractivity contribution in [3.05, 3.63) is 58.6 Å². The number of nitrogens with one attached hydrogen (secondary N) is 2. The van der Waals surface area contributed by atoms with Gasteiger partial charge in [0.1, 0.15) is 0 Å². The first-order valence-electron chi connectivity index (χ1n) is 6.31. The molecule has 0 fully saturated rings. The smallest absolute Gasteiger partial charge is 0.318 e. The Morgan fingerprint density at radius 3 is 2.00 bits per heavy atom. The van der Waals surface area contributed by atoms with Gasteiger partial charge in [-0.05, 0) is 42.5 Å². The highest BCUT2D eigenvalue weighted by molar-refractivity contribution is 9.10. The molecule has 0 aliphatic heterocycles. The van der Waals surface area contributed by atoms with Crippen LogP contribution in [0.5, 0.6) is 0 Å². The molecule has 2 rings (SSSR count). The number of rotatable bonds is 2. The molecule has 0 aliphatic carbocycles. The molecule has 0 saturated heterocycles. The maximum Gasteiger partial charge on any atom is 0.416 e. The summed E-state index contributed by atoms with van der Waals surface area (Å²) in [6, 6.07) is 10.5. The lowest BCUT2D eigenvalue weighted by molar-refractivity contribution is -0.137. The fraction of sp³-hybridized carbons (Fsp3) is 0.0667. The molecule has 0 aromatic heterocycles. The Kier molecular flexibility index (Phi) is 5.05. The largest absolute Gasteiger partial charge is 0.416 e. The van der Waals surface area contributed by atoms with Crippen molar-refractivity contribution in [2.24, 2.45) is 0 Å². The Balaban J connectivity index is 2.04. The summed E-state index contributed by atoms with van der Waals surface area (Å²) >= 11 is 3.22. The Labute approximate surface area is 137 Å². The molecular weight excluding hydrogens is 377 g/mol. The van der Waals surface area contributed by atoms with Gasteiger partial charge in [0.2, 0.25) is 0 Å². The van der Waals surface area contributed by atoms with Crippen LogP contribution in [0.4, 0.5) is 24.5 Å². The van der Waals surface area contributed by atoms with Crippen LogP contribution < -0.4 is 10.6 Å². The zero-order valence-electron chi connectivity index (χ0n) is 11.4. The predicted molar refractivity (Wildman–Crippen MR) is 82.8 cm³/mol. The van der Waals surface area contributed by atoms with E-state index >= 15 is 0 Å². The summed E-state index contributed by atoms with van der Waals surface area (Å²) in [7, 11) is 0. The molecule has 0 aliphatic rings. The number of alkyl halides is 3. The van der Waals surface area contributed by atoms with E-state index in [0.717, 1.165) is 22.7 Å². The summed E-state index contributed by atoms with van der Waals surface area (Å²) in [6.45, 7) is 0. The molecular formula is C15H10BrF3N2O2. The molecule has 23 heavy (non-hydrogen) atoms. The van der Waals surface area contributed by atoms with E-state index in [2.05, 4.69) is 26.6 Å². The van der Waals surface area contributed by atoms with E-state index in [0.29, 0.717) is 5.69 Å². The van der Waals surface area contributed by atoms with Gasteiger partial charge in [-0.3, -0.25) is 9.59 Å². The summed E-state index contributed by atoms with van der Waals surface area (Å²) in [5.41, 5.74) is -0.642. The van der Waals surface area contributed by atoms with Crippen LogP contribution in [0.15, 0.2) is 53.0 Å². The average molecular weight is 387 g/mol. The Hall–Kier alpha value is -2.35. The number of benzene rings is 2. The van der Waals surface area contributed by atoms with Crippen molar-refractivity contribution < 1.29 is 22.8 Å². The number of halogens is 4. The fourth-order valence-corrected chi connectivity index (χ4v) is 1.95. The first-order valence-corrected chi connectivity index (χ1v) is 7.10. The molecule has 8 heteroatoms. The third kappa shape index (κ3) is 4.82. The van der Waals surface area contributed by atoms with Gasteiger partial charge in [0.05, 0.1) is 5.56 Å². The van der Waals surface area contributed by atoms with Gasteiger partial charge in [-0.1, -0.05) is 22.0 Å². The number of hydrogen-bond acceptors (Lipinski definition) is 2. The molecule has 0 saturated carbocycles. The van der Waals surface area contributed by atoms with Crippen LogP contribution in [0.1, 0.15) is 5.56 Å². The van der Waals surface area contributed by atoms with Gasteiger partial charge in [0.25, 0.3) is 0 Å². The Morgan fingerprint density at radius 2 is 1.43 bits per heavy atom. The molecule has 0 atom stereocenters. The zero-order valence-corrected chi connectivity index (χ0v) is 13.0. The number of carbonyl (C=O) groups excluding carboxylic acids is 2. The van der Waals surface area contributed by atoms with E-state index in [1.54, 1.807) is 24.3 Å². The molecule has 2 aromatic rings. The van der Waals surface area contributed by atoms with Crippen molar-refractivity contribution >= 4 is 39.1 Å². The second-order valence-corrected chi connectivity index (χ2v) is 5.41. The van der Waals surface area contributed by atoms with Gasteiger partial charge < -0.3 is 10.6 Å². The monoisotopic (exact) mass is 386 g/mol. The second kappa shape index (κ2) is 6.82. The molecule has 0 unspecified atom stereocenters. The van der Waals surface area contributed by atoms with E-state index in [1.165, 1.54) is 6.07 Å². The zero-order chi connectivity index (χ0) is 17.0. The molecule has 0 spiro atoms. The quantitative estimate of drug-likeness (QED) is 0.765. The van der Waals surface area contributed by atoms with E-state index in [1.807, 2.05) is 0 Å². The maximum atomic E-state index is 12.6. The van der Waals surface area contributed by atoms with Crippen LogP contribution in [0.3, 0.4) is 0 Å². The predicted octanol–water partition coefficient (Wildman–Crippen LogP) is 4.05. The maximum absolute atomic E-state index is 12.6. The van der Waals surface area contributed by atoms with Crippen LogP contribution in [0.25, 0.3) is 0 Å². The molecule has 0 radical (unpaired) electrons. The fourth-order valence-electron chi connectivity index (χ4n) is 1.68. The summed E-state index contributed by atoms with van der Waals surface area (Å²) in [5, 5.41) is 4.47. The SMILES string of the molecule is O=C(Nc1ccc(Br)cc1)C(=O)Nc1cccc(C(F)(F)F)c1. The third-order valence-electron chi connectivity index (χ3n) is 2.76. The summed E-state index contributed by atoms with van der Waals surface area (Å²) in [4.78, 5) is 23.5. The lowest BCUT2D eigenvalue weighted by Crippen LogP contribution is -2.29. The Bertz CT molecular complexity index is 730. The van der Waals surface area contributed by atoms with Gasteiger partial charge in [-0.2, -0.15) is 13.2 Å². The number of carbonyl (C=O) groups is 2.